The van der Waals surface area contributed by atoms with Crippen molar-refractivity contribution >= 4 is 134 Å². The molecule has 15 atom stereocenters. The van der Waals surface area contributed by atoms with Crippen molar-refractivity contribution in [3.8, 4) is 5.75 Å². The van der Waals surface area contributed by atoms with Crippen molar-refractivity contribution in [2.24, 2.45) is 28.9 Å². The molecule has 29 N–H and O–H groups in total. The number of unbranched alkanes of at least 4 members (excludes halogenated alkanes) is 2. The molecule has 15 amide bonds. The average molecular weight is 1790 g/mol. The Labute approximate surface area is 730 Å². The average Bonchev–Trinajstić information content (AvgIpc) is 1.68. The smallest absolute Gasteiger partial charge is 0.305 e. The first-order chi connectivity index (χ1) is 59.7. The fraction of sp³-hybridized carbons (Fsp3) is 0.608. The fourth-order valence-electron chi connectivity index (χ4n) is 15.0. The molecule has 5 aliphatic heterocycles. The highest BCUT2D eigenvalue weighted by Gasteiger charge is 2.47. The molecule has 44 nitrogen and oxygen atoms in total. The number of carboxylic acid groups (broad SMARTS) is 1. The molecular formula is C79H121N25O19S2. The number of aliphatic hydroxyl groups is 1. The molecule has 0 saturated carbocycles. The lowest BCUT2D eigenvalue weighted by atomic mass is 9.97. The Hall–Kier alpha value is -11.8. The number of benzene rings is 2. The van der Waals surface area contributed by atoms with Crippen LogP contribution in [-0.2, 0) is 89.6 Å². The molecule has 5 saturated heterocycles. The van der Waals surface area contributed by atoms with Gasteiger partial charge in [0.2, 0.25) is 88.6 Å². The second-order valence-corrected chi connectivity index (χ2v) is 33.9. The molecule has 0 radical (unpaired) electrons. The summed E-state index contributed by atoms with van der Waals surface area (Å²) < 4.78 is 0. The van der Waals surface area contributed by atoms with E-state index >= 15 is 43.2 Å². The van der Waals surface area contributed by atoms with E-state index in [1.165, 1.54) is 34.1 Å². The Balaban J connectivity index is 1.39. The fourth-order valence-corrected chi connectivity index (χ4v) is 17.4. The second kappa shape index (κ2) is 50.8. The molecule has 46 heteroatoms. The Kier molecular flexibility index (Phi) is 40.8. The van der Waals surface area contributed by atoms with Crippen molar-refractivity contribution in [2.75, 3.05) is 70.5 Å². The molecule has 2 bridgehead atoms. The molecule has 7 rings (SSSR count). The zero-order valence-corrected chi connectivity index (χ0v) is 71.8. The van der Waals surface area contributed by atoms with E-state index in [2.05, 4.69) is 79.8 Å². The number of carboxylic acids is 1. The van der Waals surface area contributed by atoms with Crippen LogP contribution in [0.4, 0.5) is 0 Å². The maximum Gasteiger partial charge on any atom is 0.305 e. The summed E-state index contributed by atoms with van der Waals surface area (Å²) in [6.45, 7) is 1.46. The van der Waals surface area contributed by atoms with Gasteiger partial charge in [-0.05, 0) is 138 Å². The van der Waals surface area contributed by atoms with E-state index in [0.717, 1.165) is 26.5 Å². The number of hydrogen-bond donors (Lipinski definition) is 25. The lowest BCUT2D eigenvalue weighted by Crippen LogP contribution is -2.62. The topological polar surface area (TPSA) is 700 Å². The number of amides is 15. The normalized spacial score (nSPS) is 26.0. The van der Waals surface area contributed by atoms with E-state index in [0.29, 0.717) is 17.5 Å². The van der Waals surface area contributed by atoms with Gasteiger partial charge >= 0.3 is 5.97 Å². The van der Waals surface area contributed by atoms with Crippen molar-refractivity contribution < 1.29 is 92.0 Å². The van der Waals surface area contributed by atoms with Gasteiger partial charge in [-0.2, -0.15) is 0 Å². The maximum absolute atomic E-state index is 15.6. The van der Waals surface area contributed by atoms with Gasteiger partial charge in [-0.3, -0.25) is 92.9 Å². The first-order valence-electron chi connectivity index (χ1n) is 42.1. The second-order valence-electron chi connectivity index (χ2n) is 31.3. The van der Waals surface area contributed by atoms with Crippen molar-refractivity contribution in [3.63, 3.8) is 0 Å². The first kappa shape index (κ1) is 100. The van der Waals surface area contributed by atoms with Crippen LogP contribution in [0.25, 0.3) is 0 Å². The Morgan fingerprint density at radius 3 is 1.42 bits per heavy atom. The quantitative estimate of drug-likeness (QED) is 0.0180. The largest absolute Gasteiger partial charge is 0.508 e. The van der Waals surface area contributed by atoms with Crippen LogP contribution in [0.15, 0.2) is 54.6 Å². The zero-order chi connectivity index (χ0) is 91.4. The molecule has 1 unspecified atom stereocenters. The lowest BCUT2D eigenvalue weighted by molar-refractivity contribution is -0.148. The lowest BCUT2D eigenvalue weighted by Gasteiger charge is -2.34. The summed E-state index contributed by atoms with van der Waals surface area (Å²) in [5, 5.41) is 93.8. The number of nitrogens with zero attached hydrogens (tertiary/aromatic N) is 3. The Morgan fingerprint density at radius 2 is 0.880 bits per heavy atom. The van der Waals surface area contributed by atoms with Gasteiger partial charge in [0.25, 0.3) is 0 Å². The number of carbonyl (C=O) groups excluding carboxylic acids is 15. The molecule has 0 aliphatic carbocycles. The molecule has 2 aromatic rings. The number of carbonyl (C=O) groups is 16. The van der Waals surface area contributed by atoms with E-state index in [-0.39, 0.29) is 167 Å². The van der Waals surface area contributed by atoms with Gasteiger partial charge in [-0.15, -0.1) is 0 Å². The highest BCUT2D eigenvalue weighted by Crippen LogP contribution is 2.29. The Bertz CT molecular complexity index is 4140. The van der Waals surface area contributed by atoms with Crippen molar-refractivity contribution in [1.82, 2.24) is 94.5 Å². The summed E-state index contributed by atoms with van der Waals surface area (Å²) in [6, 6.07) is -8.35. The number of hydrogen-bond acceptors (Lipinski definition) is 24. The van der Waals surface area contributed by atoms with Crippen molar-refractivity contribution in [1.29, 1.82) is 16.2 Å². The van der Waals surface area contributed by atoms with Crippen LogP contribution in [0.2, 0.25) is 0 Å². The number of aliphatic carboxylic acids is 1. The summed E-state index contributed by atoms with van der Waals surface area (Å²) in [6.07, 6.45) is -0.363. The van der Waals surface area contributed by atoms with Gasteiger partial charge in [0, 0.05) is 63.6 Å². The highest BCUT2D eigenvalue weighted by atomic mass is 33.1. The van der Waals surface area contributed by atoms with Crippen LogP contribution in [0.5, 0.6) is 5.75 Å². The van der Waals surface area contributed by atoms with Crippen LogP contribution in [-0.4, -0.2) is 298 Å². The number of nitrogens with one attached hydrogen (secondary N) is 18. The molecule has 5 fully saturated rings. The predicted molar refractivity (Wildman–Crippen MR) is 459 cm³/mol. The third-order valence-corrected chi connectivity index (χ3v) is 24.4. The number of aromatic hydroxyl groups is 1. The summed E-state index contributed by atoms with van der Waals surface area (Å²) in [5.74, 6) is -19.3. The molecular weight excluding hydrogens is 1670 g/mol. The van der Waals surface area contributed by atoms with Crippen molar-refractivity contribution in [2.45, 2.75) is 227 Å². The Morgan fingerprint density at radius 1 is 0.464 bits per heavy atom. The highest BCUT2D eigenvalue weighted by molar-refractivity contribution is 8.76. The van der Waals surface area contributed by atoms with Crippen LogP contribution in [0.1, 0.15) is 141 Å². The standard InChI is InChI=1S/C79H121N25O19S2/c1-3-43(2)62-73(120)100-56-42-125-124-41-55(99-64(111)47(20-11-31-88-78(83)84)91-60(107)39-90-63(110)52(38-61(108)109)96-71(118)57-22-13-33-102(57)75(122)53(97-70(56)117)37-44-16-5-4-6-17-44)69(116)95-51(36-45-25-27-46(106)28-26-45)67(114)92-48(18-7-9-29-80)66(113)98-54(40-105)68(115)93-49(21-12-32-89-79(85)86)65(112)94-50(19-8-10-30-87-77(81)82)74(121)104-35-15-24-59(104)76(123)103-34-14-23-58(103)72(119)101-62/h4-6,16-17,25-28,43,47-59,62,105-106H,3,7-15,18-24,29-42,80H2,1-2H3,(H,90,110)(H,91,107)(H,92,114)(H,93,115)(H,94,112)(H,95,116)(H,96,118)(H,97,117)(H,98,113)(H,99,111)(H,100,120)(H,101,119)(H,108,109)(H4,81,82,87)(H4,83,84,88)(H4,85,86,89)/t43-,47-,48-,49-,50?,51-,52-,53-,54-,55-,56-,57-,58-,59-,62-/m0/s1. The number of guanidine groups is 3. The zero-order valence-electron chi connectivity index (χ0n) is 70.1. The van der Waals surface area contributed by atoms with Gasteiger partial charge in [-0.1, -0.05) is 84.3 Å². The number of aliphatic hydroxyl groups excluding tert-OH is 1. The van der Waals surface area contributed by atoms with Crippen LogP contribution in [0, 0.1) is 22.1 Å². The van der Waals surface area contributed by atoms with Gasteiger partial charge in [0.05, 0.1) is 19.6 Å². The van der Waals surface area contributed by atoms with Crippen LogP contribution in [0.3, 0.4) is 0 Å². The molecule has 5 aliphatic rings. The minimum atomic E-state index is -1.89. The summed E-state index contributed by atoms with van der Waals surface area (Å²) in [5.41, 5.74) is 23.4. The number of phenolic OH excluding ortho intramolecular Hbond substituents is 1. The maximum atomic E-state index is 15.6. The third-order valence-electron chi connectivity index (χ3n) is 22.0. The van der Waals surface area contributed by atoms with E-state index in [9.17, 15) is 48.9 Å². The monoisotopic (exact) mass is 1790 g/mol. The minimum Gasteiger partial charge on any atom is -0.508 e. The number of rotatable bonds is 26. The van der Waals surface area contributed by atoms with E-state index < -0.39 is 234 Å². The molecule has 125 heavy (non-hydrogen) atoms. The van der Waals surface area contributed by atoms with Crippen LogP contribution >= 0.6 is 21.6 Å². The van der Waals surface area contributed by atoms with Crippen molar-refractivity contribution in [3.05, 3.63) is 65.7 Å². The van der Waals surface area contributed by atoms with Gasteiger partial charge in [0.15, 0.2) is 17.9 Å². The van der Waals surface area contributed by atoms with E-state index in [1.807, 2.05) is 0 Å². The number of nitrogens with two attached hydrogens (primary N) is 4. The van der Waals surface area contributed by atoms with Crippen LogP contribution < -0.4 is 103 Å². The van der Waals surface area contributed by atoms with Gasteiger partial charge in [0.1, 0.15) is 90.3 Å². The molecule has 0 aromatic heterocycles. The minimum absolute atomic E-state index is 0.00650. The third kappa shape index (κ3) is 31.7. The first-order valence-corrected chi connectivity index (χ1v) is 44.5. The van der Waals surface area contributed by atoms with Gasteiger partial charge in [-0.25, -0.2) is 0 Å². The summed E-state index contributed by atoms with van der Waals surface area (Å²) >= 11 is 0. The number of fused-ring (bicyclic) bond motifs is 8. The number of phenols is 1. The molecule has 0 spiro atoms. The summed E-state index contributed by atoms with van der Waals surface area (Å²) in [7, 11) is 1.68. The molecule has 688 valence electrons. The van der Waals surface area contributed by atoms with E-state index in [1.54, 1.807) is 44.2 Å². The van der Waals surface area contributed by atoms with E-state index in [4.69, 9.17) is 39.2 Å². The summed E-state index contributed by atoms with van der Waals surface area (Å²) in [4.78, 5) is 241. The van der Waals surface area contributed by atoms with Gasteiger partial charge < -0.3 is 133 Å². The molecule has 2 aromatic carbocycles. The predicted octanol–water partition coefficient (Wildman–Crippen LogP) is -6.17. The molecule has 5 heterocycles. The SMILES string of the molecule is CC[C@H](C)[C@@H]1NC(=O)[C@@H]2CCCN2C(=O)[C@@H]2CCCN2C(=O)C(CCCCNC(=N)N)NC(=O)[C@H](CCCNC(=N)N)NC(=O)[C@H](CO)NC(=O)[C@H](CCCCN)NC(=O)[C@H](Cc2ccc(O)cc2)NC(=O)[C@@H]2CSSC[C@H](NC1=O)C(=O)N[C@@H](Cc1ccccc1)C(=O)N1CCC[C@H]1C(=O)N[C@@H](CC(=O)O)C(=O)NCC(=O)N[C@@H](CCCNC(=N)N)C(=O)N2.